The smallest absolute Gasteiger partial charge is 0.319 e. The van der Waals surface area contributed by atoms with Gasteiger partial charge in [-0.1, -0.05) is 72.3 Å². The molecule has 0 aliphatic carbocycles. The van der Waals surface area contributed by atoms with Gasteiger partial charge in [-0.15, -0.1) is 0 Å². The Kier molecular flexibility index (Phi) is 8.42. The molecule has 0 aliphatic rings. The van der Waals surface area contributed by atoms with Crippen molar-refractivity contribution >= 4 is 44.9 Å². The van der Waals surface area contributed by atoms with E-state index in [2.05, 4.69) is 16.0 Å². The van der Waals surface area contributed by atoms with Crippen LogP contribution in [0.2, 0.25) is 5.02 Å². The van der Waals surface area contributed by atoms with E-state index < -0.39 is 28.0 Å². The van der Waals surface area contributed by atoms with Gasteiger partial charge in [-0.3, -0.25) is 4.79 Å². The Labute approximate surface area is 225 Å². The molecule has 1 atom stereocenters. The number of anilines is 2. The van der Waals surface area contributed by atoms with Crippen LogP contribution in [0.3, 0.4) is 0 Å². The summed E-state index contributed by atoms with van der Waals surface area (Å²) in [4.78, 5) is 25.9. The van der Waals surface area contributed by atoms with Crippen LogP contribution in [0.15, 0.2) is 108 Å². The number of hydrogen-bond donors (Lipinski definition) is 4. The highest BCUT2D eigenvalue weighted by atomic mass is 35.5. The third kappa shape index (κ3) is 7.19. The van der Waals surface area contributed by atoms with Crippen LogP contribution in [0, 0.1) is 0 Å². The third-order valence-corrected chi connectivity index (χ3v) is 6.88. The first-order valence-electron chi connectivity index (χ1n) is 11.6. The molecule has 0 radical (unpaired) electrons. The molecule has 4 aromatic carbocycles. The number of hydrogen-bond acceptors (Lipinski definition) is 4. The molecule has 4 rings (SSSR count). The maximum Gasteiger partial charge on any atom is 0.319 e. The predicted molar refractivity (Wildman–Crippen MR) is 149 cm³/mol. The first-order valence-corrected chi connectivity index (χ1v) is 13.5. The summed E-state index contributed by atoms with van der Waals surface area (Å²) in [6.07, 6.45) is 0.264. The average molecular weight is 549 g/mol. The van der Waals surface area contributed by atoms with Gasteiger partial charge in [0.2, 0.25) is 15.9 Å². The maximum absolute atomic E-state index is 13.2. The van der Waals surface area contributed by atoms with Gasteiger partial charge in [0.25, 0.3) is 0 Å². The van der Waals surface area contributed by atoms with Crippen molar-refractivity contribution in [3.8, 4) is 11.1 Å². The van der Waals surface area contributed by atoms with Crippen molar-refractivity contribution < 1.29 is 18.0 Å². The summed E-state index contributed by atoms with van der Waals surface area (Å²) in [6, 6.07) is 27.6. The summed E-state index contributed by atoms with van der Waals surface area (Å²) in [5, 5.41) is 14.1. The monoisotopic (exact) mass is 548 g/mol. The largest absolute Gasteiger partial charge is 0.326 e. The molecule has 0 bridgehead atoms. The molecule has 0 aromatic heterocycles. The average Bonchev–Trinajstić information content (AvgIpc) is 2.90. The van der Waals surface area contributed by atoms with Gasteiger partial charge >= 0.3 is 6.03 Å². The van der Waals surface area contributed by atoms with E-state index in [-0.39, 0.29) is 11.3 Å². The fourth-order valence-electron chi connectivity index (χ4n) is 3.83. The molecular formula is C28H25ClN4O4S. The molecule has 3 amide bonds. The van der Waals surface area contributed by atoms with Crippen LogP contribution in [0.5, 0.6) is 0 Å². The first-order chi connectivity index (χ1) is 18.2. The second kappa shape index (κ2) is 11.9. The zero-order chi connectivity index (χ0) is 27.1. The minimum absolute atomic E-state index is 0.00982. The van der Waals surface area contributed by atoms with E-state index in [9.17, 15) is 18.0 Å². The van der Waals surface area contributed by atoms with Gasteiger partial charge in [0.05, 0.1) is 4.90 Å². The molecule has 0 heterocycles. The molecule has 4 aromatic rings. The maximum atomic E-state index is 13.2. The van der Waals surface area contributed by atoms with Gasteiger partial charge in [-0.2, -0.15) is 0 Å². The van der Waals surface area contributed by atoms with E-state index in [1.807, 2.05) is 30.3 Å². The number of amides is 3. The second-order valence-electron chi connectivity index (χ2n) is 8.46. The van der Waals surface area contributed by atoms with Crippen molar-refractivity contribution in [3.63, 3.8) is 0 Å². The summed E-state index contributed by atoms with van der Waals surface area (Å²) in [7, 11) is -3.91. The zero-order valence-electron chi connectivity index (χ0n) is 20.1. The standard InChI is InChI=1S/C28H25ClN4O4S/c29-21-12-16-23(17-13-21)32-28(35)33-25(18-19-6-2-1-3-7-19)27(34)31-22-14-10-20(11-15-22)24-8-4-5-9-26(24)38(30,36)37/h1-17,25H,18H2,(H,31,34)(H2,30,36,37)(H2,32,33,35)/t25-/m1/s1. The molecule has 0 aliphatic heterocycles. The Morgan fingerprint density at radius 2 is 1.34 bits per heavy atom. The topological polar surface area (TPSA) is 130 Å². The summed E-state index contributed by atoms with van der Waals surface area (Å²) < 4.78 is 23.9. The van der Waals surface area contributed by atoms with Gasteiger partial charge in [0.1, 0.15) is 6.04 Å². The number of carbonyl (C=O) groups is 2. The van der Waals surface area contributed by atoms with E-state index in [0.717, 1.165) is 5.56 Å². The van der Waals surface area contributed by atoms with Gasteiger partial charge in [-0.25, -0.2) is 18.4 Å². The molecule has 5 N–H and O–H groups in total. The predicted octanol–water partition coefficient (Wildman–Crippen LogP) is 5.03. The molecule has 194 valence electrons. The highest BCUT2D eigenvalue weighted by Crippen LogP contribution is 2.27. The number of benzene rings is 4. The van der Waals surface area contributed by atoms with E-state index >= 15 is 0 Å². The van der Waals surface area contributed by atoms with E-state index in [1.54, 1.807) is 66.7 Å². The lowest BCUT2D eigenvalue weighted by atomic mass is 10.0. The van der Waals surface area contributed by atoms with Gasteiger partial charge in [-0.05, 0) is 53.6 Å². The number of halogens is 1. The van der Waals surface area contributed by atoms with Crippen LogP contribution < -0.4 is 21.1 Å². The number of sulfonamides is 1. The van der Waals surface area contributed by atoms with Crippen molar-refractivity contribution in [1.82, 2.24) is 5.32 Å². The van der Waals surface area contributed by atoms with Crippen molar-refractivity contribution in [2.24, 2.45) is 5.14 Å². The normalized spacial score (nSPS) is 11.8. The Morgan fingerprint density at radius 3 is 2.00 bits per heavy atom. The van der Waals surface area contributed by atoms with Crippen LogP contribution in [-0.2, 0) is 21.2 Å². The number of rotatable bonds is 8. The molecule has 0 fully saturated rings. The Morgan fingerprint density at radius 1 is 0.763 bits per heavy atom. The molecule has 0 saturated heterocycles. The lowest BCUT2D eigenvalue weighted by molar-refractivity contribution is -0.117. The van der Waals surface area contributed by atoms with Crippen molar-refractivity contribution in [2.75, 3.05) is 10.6 Å². The lowest BCUT2D eigenvalue weighted by Gasteiger charge is -2.19. The minimum Gasteiger partial charge on any atom is -0.326 e. The Hall–Kier alpha value is -4.18. The fraction of sp³-hybridized carbons (Fsp3) is 0.0714. The third-order valence-electron chi connectivity index (χ3n) is 5.66. The first kappa shape index (κ1) is 26.9. The molecule has 10 heteroatoms. The quantitative estimate of drug-likeness (QED) is 0.246. The highest BCUT2D eigenvalue weighted by Gasteiger charge is 2.22. The van der Waals surface area contributed by atoms with Crippen LogP contribution >= 0.6 is 11.6 Å². The summed E-state index contributed by atoms with van der Waals surface area (Å²) in [5.41, 5.74) is 2.95. The second-order valence-corrected chi connectivity index (χ2v) is 10.4. The van der Waals surface area contributed by atoms with Crippen molar-refractivity contribution in [3.05, 3.63) is 114 Å². The van der Waals surface area contributed by atoms with E-state index in [0.29, 0.717) is 27.5 Å². The summed E-state index contributed by atoms with van der Waals surface area (Å²) >= 11 is 5.90. The van der Waals surface area contributed by atoms with Crippen molar-refractivity contribution in [2.45, 2.75) is 17.4 Å². The minimum atomic E-state index is -3.91. The Balaban J connectivity index is 1.50. The molecule has 0 unspecified atom stereocenters. The van der Waals surface area contributed by atoms with Crippen LogP contribution in [0.1, 0.15) is 5.56 Å². The fourth-order valence-corrected chi connectivity index (χ4v) is 4.72. The van der Waals surface area contributed by atoms with Crippen LogP contribution in [-0.4, -0.2) is 26.4 Å². The summed E-state index contributed by atoms with van der Waals surface area (Å²) in [5.74, 6) is -0.419. The Bertz CT molecular complexity index is 1530. The summed E-state index contributed by atoms with van der Waals surface area (Å²) in [6.45, 7) is 0. The molecule has 8 nitrogen and oxygen atoms in total. The molecule has 0 saturated carbocycles. The number of urea groups is 1. The van der Waals surface area contributed by atoms with Gasteiger partial charge < -0.3 is 16.0 Å². The van der Waals surface area contributed by atoms with Crippen LogP contribution in [0.4, 0.5) is 16.2 Å². The van der Waals surface area contributed by atoms with E-state index in [4.69, 9.17) is 16.7 Å². The van der Waals surface area contributed by atoms with Gasteiger partial charge in [0.15, 0.2) is 0 Å². The van der Waals surface area contributed by atoms with Crippen LogP contribution in [0.25, 0.3) is 11.1 Å². The van der Waals surface area contributed by atoms with Gasteiger partial charge in [0, 0.05) is 28.4 Å². The number of primary sulfonamides is 1. The number of nitrogens with one attached hydrogen (secondary N) is 3. The van der Waals surface area contributed by atoms with Crippen molar-refractivity contribution in [1.29, 1.82) is 0 Å². The zero-order valence-corrected chi connectivity index (χ0v) is 21.7. The molecule has 0 spiro atoms. The highest BCUT2D eigenvalue weighted by molar-refractivity contribution is 7.89. The SMILES string of the molecule is NS(=O)(=O)c1ccccc1-c1ccc(NC(=O)[C@@H](Cc2ccccc2)NC(=O)Nc2ccc(Cl)cc2)cc1. The molecular weight excluding hydrogens is 524 g/mol. The molecule has 38 heavy (non-hydrogen) atoms. The van der Waals surface area contributed by atoms with E-state index in [1.165, 1.54) is 6.07 Å². The number of nitrogens with two attached hydrogens (primary N) is 1. The lowest BCUT2D eigenvalue weighted by Crippen LogP contribution is -2.46. The number of carbonyl (C=O) groups excluding carboxylic acids is 2.